The van der Waals surface area contributed by atoms with Crippen molar-refractivity contribution in [3.63, 3.8) is 0 Å². The van der Waals surface area contributed by atoms with Gasteiger partial charge in [-0.3, -0.25) is 14.5 Å². The van der Waals surface area contributed by atoms with Crippen LogP contribution in [0.4, 0.5) is 19.0 Å². The summed E-state index contributed by atoms with van der Waals surface area (Å²) < 4.78 is 56.5. The number of aryl methyl sites for hydroxylation is 2. The van der Waals surface area contributed by atoms with Gasteiger partial charge in [0, 0.05) is 51.2 Å². The van der Waals surface area contributed by atoms with Crippen LogP contribution < -0.4 is 15.6 Å². The average Bonchev–Trinajstić information content (AvgIpc) is 3.54. The van der Waals surface area contributed by atoms with Crippen molar-refractivity contribution in [3.05, 3.63) is 62.8 Å². The van der Waals surface area contributed by atoms with E-state index in [-0.39, 0.29) is 17.0 Å². The second kappa shape index (κ2) is 14.0. The van der Waals surface area contributed by atoms with Crippen LogP contribution in [0.25, 0.3) is 10.9 Å². The normalized spacial score (nSPS) is 17.5. The highest BCUT2D eigenvalue weighted by Crippen LogP contribution is 2.40. The number of hydrogen-bond donors (Lipinski definition) is 1. The Balaban J connectivity index is 1.63. The fourth-order valence-corrected chi connectivity index (χ4v) is 6.84. The summed E-state index contributed by atoms with van der Waals surface area (Å²) in [6, 6.07) is 4.99. The number of nitrogens with zero attached hydrogens (tertiary/aromatic N) is 4. The molecular formula is C34H44F3N5O4. The van der Waals surface area contributed by atoms with Gasteiger partial charge in [-0.2, -0.15) is 0 Å². The molecule has 46 heavy (non-hydrogen) atoms. The van der Waals surface area contributed by atoms with Gasteiger partial charge in [0.1, 0.15) is 23.8 Å². The molecule has 250 valence electrons. The zero-order valence-electron chi connectivity index (χ0n) is 27.3. The standard InChI is InChI=1S/C34H44F3N5O4/c1-6-46-34(12-16-42(17-13-34)23(4)43)27-20-26-29(40(5)33(27)44)30(45-19-18-41-14-7-8-15-41)22(3)39-32(26)38-21(2)24-10-9-11-25(28(24)35)31(36)37/h9-11,20-21,31H,6-8,12-19H2,1-5H3,(H,38,39)/t21-/m1/s1. The van der Waals surface area contributed by atoms with E-state index in [9.17, 15) is 18.4 Å². The van der Waals surface area contributed by atoms with E-state index in [0.717, 1.165) is 38.5 Å². The first-order chi connectivity index (χ1) is 22.0. The lowest BCUT2D eigenvalue weighted by Crippen LogP contribution is -2.48. The third-order valence-corrected chi connectivity index (χ3v) is 9.39. The maximum atomic E-state index is 15.2. The van der Waals surface area contributed by atoms with Crippen LogP contribution in [-0.4, -0.2) is 71.2 Å². The van der Waals surface area contributed by atoms with Crippen molar-refractivity contribution in [2.24, 2.45) is 7.05 Å². The molecular weight excluding hydrogens is 599 g/mol. The Kier molecular flexibility index (Phi) is 10.3. The van der Waals surface area contributed by atoms with E-state index < -0.39 is 29.4 Å². The summed E-state index contributed by atoms with van der Waals surface area (Å²) in [7, 11) is 1.68. The number of benzene rings is 1. The Morgan fingerprint density at radius 2 is 1.80 bits per heavy atom. The number of likely N-dealkylation sites (tertiary alicyclic amines) is 2. The smallest absolute Gasteiger partial charge is 0.266 e. The van der Waals surface area contributed by atoms with Gasteiger partial charge in [0.15, 0.2) is 5.75 Å². The number of hydrogen-bond acceptors (Lipinski definition) is 7. The van der Waals surface area contributed by atoms with Gasteiger partial charge in [0.2, 0.25) is 5.91 Å². The number of fused-ring (bicyclic) bond motifs is 1. The van der Waals surface area contributed by atoms with Crippen LogP contribution in [0.1, 0.15) is 81.3 Å². The Labute approximate surface area is 267 Å². The van der Waals surface area contributed by atoms with Crippen molar-refractivity contribution in [1.82, 2.24) is 19.4 Å². The summed E-state index contributed by atoms with van der Waals surface area (Å²) in [4.78, 5) is 35.2. The number of nitrogens with one attached hydrogen (secondary N) is 1. The molecule has 2 fully saturated rings. The maximum Gasteiger partial charge on any atom is 0.266 e. The minimum atomic E-state index is -2.95. The third-order valence-electron chi connectivity index (χ3n) is 9.39. The van der Waals surface area contributed by atoms with Crippen molar-refractivity contribution in [2.45, 2.75) is 71.4 Å². The third kappa shape index (κ3) is 6.60. The largest absolute Gasteiger partial charge is 0.488 e. The van der Waals surface area contributed by atoms with Gasteiger partial charge in [-0.15, -0.1) is 0 Å². The van der Waals surface area contributed by atoms with E-state index in [2.05, 4.69) is 10.2 Å². The quantitative estimate of drug-likeness (QED) is 0.281. The number of carbonyl (C=O) groups excluding carboxylic acids is 1. The van der Waals surface area contributed by atoms with Crippen molar-refractivity contribution in [1.29, 1.82) is 0 Å². The van der Waals surface area contributed by atoms with Crippen molar-refractivity contribution in [3.8, 4) is 5.75 Å². The second-order valence-electron chi connectivity index (χ2n) is 12.3. The SMILES string of the molecule is CCOC1(c2cc3c(N[C@H](C)c4cccc(C(F)F)c4F)nc(C)c(OCCN4CCCC4)c3n(C)c2=O)CCN(C(C)=O)CC1. The number of pyridine rings is 2. The monoisotopic (exact) mass is 643 g/mol. The Bertz CT molecular complexity index is 1630. The molecule has 1 N–H and O–H groups in total. The van der Waals surface area contributed by atoms with Crippen LogP contribution >= 0.6 is 0 Å². The minimum Gasteiger partial charge on any atom is -0.488 e. The van der Waals surface area contributed by atoms with Crippen LogP contribution in [0, 0.1) is 12.7 Å². The van der Waals surface area contributed by atoms with Crippen LogP contribution in [0.3, 0.4) is 0 Å². The maximum absolute atomic E-state index is 15.2. The average molecular weight is 644 g/mol. The summed E-state index contributed by atoms with van der Waals surface area (Å²) in [5, 5.41) is 3.81. The molecule has 0 saturated carbocycles. The fraction of sp³-hybridized carbons (Fsp3) is 0.559. The van der Waals surface area contributed by atoms with Gasteiger partial charge < -0.3 is 24.3 Å². The first kappa shape index (κ1) is 33.7. The van der Waals surface area contributed by atoms with Crippen LogP contribution in [-0.2, 0) is 22.2 Å². The summed E-state index contributed by atoms with van der Waals surface area (Å²) >= 11 is 0. The van der Waals surface area contributed by atoms with E-state index in [1.165, 1.54) is 19.1 Å². The van der Waals surface area contributed by atoms with E-state index >= 15 is 4.39 Å². The minimum absolute atomic E-state index is 0.0319. The molecule has 12 heteroatoms. The van der Waals surface area contributed by atoms with Crippen molar-refractivity contribution in [2.75, 3.05) is 51.3 Å². The number of amides is 1. The molecule has 0 radical (unpaired) electrons. The zero-order chi connectivity index (χ0) is 33.2. The van der Waals surface area contributed by atoms with Crippen molar-refractivity contribution < 1.29 is 27.4 Å². The number of rotatable bonds is 11. The highest BCUT2D eigenvalue weighted by molar-refractivity contribution is 5.95. The Morgan fingerprint density at radius 3 is 2.43 bits per heavy atom. The number of aromatic nitrogens is 2. The van der Waals surface area contributed by atoms with Crippen LogP contribution in [0.5, 0.6) is 5.75 Å². The zero-order valence-corrected chi connectivity index (χ0v) is 27.3. The molecule has 1 atom stereocenters. The molecule has 0 unspecified atom stereocenters. The van der Waals surface area contributed by atoms with Crippen LogP contribution in [0.2, 0.25) is 0 Å². The number of halogens is 3. The number of alkyl halides is 2. The number of ether oxygens (including phenoxy) is 2. The summed E-state index contributed by atoms with van der Waals surface area (Å²) in [5.74, 6) is -0.170. The van der Waals surface area contributed by atoms with Crippen molar-refractivity contribution >= 4 is 22.6 Å². The molecule has 2 saturated heterocycles. The summed E-state index contributed by atoms with van der Waals surface area (Å²) in [6.45, 7) is 11.3. The lowest BCUT2D eigenvalue weighted by molar-refractivity contribution is -0.136. The number of piperidine rings is 1. The molecule has 3 aromatic rings. The first-order valence-corrected chi connectivity index (χ1v) is 16.1. The van der Waals surface area contributed by atoms with Gasteiger partial charge in [0.05, 0.1) is 28.4 Å². The Hall–Kier alpha value is -3.64. The molecule has 2 aliphatic heterocycles. The number of anilines is 1. The molecule has 4 heterocycles. The molecule has 1 aromatic carbocycles. The molecule has 1 amide bonds. The lowest BCUT2D eigenvalue weighted by Gasteiger charge is -2.41. The van der Waals surface area contributed by atoms with E-state index in [1.54, 1.807) is 36.4 Å². The molecule has 2 aliphatic rings. The van der Waals surface area contributed by atoms with Gasteiger partial charge in [-0.1, -0.05) is 18.2 Å². The van der Waals surface area contributed by atoms with E-state index in [1.807, 2.05) is 6.92 Å². The number of carbonyl (C=O) groups is 1. The fourth-order valence-electron chi connectivity index (χ4n) is 6.84. The van der Waals surface area contributed by atoms with Gasteiger partial charge >= 0.3 is 0 Å². The highest BCUT2D eigenvalue weighted by atomic mass is 19.3. The molecule has 0 bridgehead atoms. The van der Waals surface area contributed by atoms with Crippen LogP contribution in [0.15, 0.2) is 29.1 Å². The predicted octanol–water partition coefficient (Wildman–Crippen LogP) is 5.84. The Morgan fingerprint density at radius 1 is 1.13 bits per heavy atom. The molecule has 0 spiro atoms. The molecule has 9 nitrogen and oxygen atoms in total. The highest BCUT2D eigenvalue weighted by Gasteiger charge is 2.41. The summed E-state index contributed by atoms with van der Waals surface area (Å²) in [6.07, 6.45) is 0.235. The lowest BCUT2D eigenvalue weighted by atomic mass is 9.84. The first-order valence-electron chi connectivity index (χ1n) is 16.1. The molecule has 0 aliphatic carbocycles. The van der Waals surface area contributed by atoms with Gasteiger partial charge in [-0.25, -0.2) is 18.2 Å². The molecule has 5 rings (SSSR count). The predicted molar refractivity (Wildman–Crippen MR) is 171 cm³/mol. The summed E-state index contributed by atoms with van der Waals surface area (Å²) in [5.41, 5.74) is -0.295. The second-order valence-corrected chi connectivity index (χ2v) is 12.3. The van der Waals surface area contributed by atoms with E-state index in [4.69, 9.17) is 14.5 Å². The molecule has 2 aromatic heterocycles. The van der Waals surface area contributed by atoms with Gasteiger partial charge in [-0.05, 0) is 65.6 Å². The van der Waals surface area contributed by atoms with E-state index in [0.29, 0.717) is 72.9 Å². The topological polar surface area (TPSA) is 88.9 Å². The van der Waals surface area contributed by atoms with Gasteiger partial charge in [0.25, 0.3) is 12.0 Å².